The Balaban J connectivity index is 0. The van der Waals surface area contributed by atoms with Crippen LogP contribution in [0.1, 0.15) is 34.1 Å². The third-order valence-electron chi connectivity index (χ3n) is 1.92. The van der Waals surface area contributed by atoms with E-state index in [0.29, 0.717) is 0 Å². The van der Waals surface area contributed by atoms with E-state index in [0.717, 1.165) is 5.92 Å². The summed E-state index contributed by atoms with van der Waals surface area (Å²) in [7, 11) is 0. The molecular formula is C9H22ClN. The molecule has 0 aromatic rings. The molecule has 0 heterocycles. The van der Waals surface area contributed by atoms with Crippen LogP contribution in [0.3, 0.4) is 0 Å². The van der Waals surface area contributed by atoms with Crippen LogP contribution >= 0.6 is 12.4 Å². The van der Waals surface area contributed by atoms with E-state index in [1.54, 1.807) is 0 Å². The van der Waals surface area contributed by atoms with Gasteiger partial charge in [-0.1, -0.05) is 27.7 Å². The molecule has 11 heavy (non-hydrogen) atoms. The number of halogens is 1. The first-order chi connectivity index (χ1) is 4.70. The smallest absolute Gasteiger partial charge is 0.00165 e. The quantitative estimate of drug-likeness (QED) is 0.628. The van der Waals surface area contributed by atoms with Crippen molar-refractivity contribution in [2.75, 3.05) is 19.6 Å². The summed E-state index contributed by atoms with van der Waals surface area (Å²) in [6, 6.07) is 0. The van der Waals surface area contributed by atoms with E-state index in [4.69, 9.17) is 0 Å². The van der Waals surface area contributed by atoms with Crippen LogP contribution in [0.15, 0.2) is 0 Å². The third-order valence-corrected chi connectivity index (χ3v) is 1.92. The van der Waals surface area contributed by atoms with Gasteiger partial charge in [-0.2, -0.15) is 0 Å². The Morgan fingerprint density at radius 3 is 1.82 bits per heavy atom. The van der Waals surface area contributed by atoms with Crippen LogP contribution in [0.5, 0.6) is 0 Å². The van der Waals surface area contributed by atoms with Gasteiger partial charge in [-0.25, -0.2) is 0 Å². The van der Waals surface area contributed by atoms with Crippen LogP contribution in [0.25, 0.3) is 0 Å². The van der Waals surface area contributed by atoms with E-state index in [1.165, 1.54) is 26.1 Å². The lowest BCUT2D eigenvalue weighted by Crippen LogP contribution is -2.24. The number of nitrogens with zero attached hydrogens (tertiary/aromatic N) is 1. The molecule has 0 aliphatic carbocycles. The van der Waals surface area contributed by atoms with Crippen molar-refractivity contribution < 1.29 is 0 Å². The second-order valence-corrected chi connectivity index (χ2v) is 3.21. The lowest BCUT2D eigenvalue weighted by Gasteiger charge is -2.18. The molecule has 0 atom stereocenters. The Hall–Kier alpha value is 0.250. The van der Waals surface area contributed by atoms with Gasteiger partial charge in [0.05, 0.1) is 0 Å². The summed E-state index contributed by atoms with van der Waals surface area (Å²) in [6.45, 7) is 12.7. The van der Waals surface area contributed by atoms with Crippen LogP contribution in [0.4, 0.5) is 0 Å². The zero-order valence-electron chi connectivity index (χ0n) is 8.26. The summed E-state index contributed by atoms with van der Waals surface area (Å²) in [6.07, 6.45) is 1.34. The van der Waals surface area contributed by atoms with Crippen molar-refractivity contribution in [2.24, 2.45) is 5.92 Å². The van der Waals surface area contributed by atoms with Crippen LogP contribution in [-0.4, -0.2) is 24.5 Å². The fourth-order valence-electron chi connectivity index (χ4n) is 0.981. The van der Waals surface area contributed by atoms with Crippen LogP contribution in [0.2, 0.25) is 0 Å². The fourth-order valence-corrected chi connectivity index (χ4v) is 0.981. The Labute approximate surface area is 77.6 Å². The van der Waals surface area contributed by atoms with Gasteiger partial charge in [0.2, 0.25) is 0 Å². The van der Waals surface area contributed by atoms with Gasteiger partial charge in [-0.3, -0.25) is 0 Å². The molecule has 0 unspecified atom stereocenters. The van der Waals surface area contributed by atoms with Crippen LogP contribution in [0, 0.1) is 5.92 Å². The highest BCUT2D eigenvalue weighted by Gasteiger charge is 1.99. The van der Waals surface area contributed by atoms with Crippen molar-refractivity contribution in [2.45, 2.75) is 34.1 Å². The topological polar surface area (TPSA) is 3.24 Å². The second kappa shape index (κ2) is 8.35. The maximum atomic E-state index is 2.47. The maximum absolute atomic E-state index is 2.47. The average molecular weight is 180 g/mol. The average Bonchev–Trinajstić information content (AvgIpc) is 1.90. The van der Waals surface area contributed by atoms with Crippen molar-refractivity contribution in [3.63, 3.8) is 0 Å². The molecule has 0 spiro atoms. The zero-order chi connectivity index (χ0) is 7.98. The molecule has 0 rings (SSSR count). The van der Waals surface area contributed by atoms with Gasteiger partial charge in [-0.05, 0) is 32.0 Å². The maximum Gasteiger partial charge on any atom is -0.00165 e. The van der Waals surface area contributed by atoms with Gasteiger partial charge in [0, 0.05) is 0 Å². The van der Waals surface area contributed by atoms with Crippen molar-refractivity contribution in [3.05, 3.63) is 0 Å². The van der Waals surface area contributed by atoms with Gasteiger partial charge in [0.15, 0.2) is 0 Å². The Kier molecular flexibility index (Phi) is 10.5. The molecule has 0 aliphatic rings. The summed E-state index contributed by atoms with van der Waals surface area (Å²) in [5.41, 5.74) is 0. The molecule has 0 aromatic heterocycles. The van der Waals surface area contributed by atoms with E-state index in [1.807, 2.05) is 0 Å². The van der Waals surface area contributed by atoms with E-state index in [9.17, 15) is 0 Å². The van der Waals surface area contributed by atoms with Crippen LogP contribution in [-0.2, 0) is 0 Å². The zero-order valence-corrected chi connectivity index (χ0v) is 9.08. The normalized spacial score (nSPS) is 10.4. The van der Waals surface area contributed by atoms with Crippen molar-refractivity contribution in [1.82, 2.24) is 4.90 Å². The molecule has 0 aliphatic heterocycles. The first-order valence-corrected chi connectivity index (χ1v) is 4.43. The predicted octanol–water partition coefficient (Wildman–Crippen LogP) is 2.80. The fraction of sp³-hybridized carbons (Fsp3) is 1.00. The highest BCUT2D eigenvalue weighted by molar-refractivity contribution is 5.85. The van der Waals surface area contributed by atoms with E-state index < -0.39 is 0 Å². The number of rotatable bonds is 5. The van der Waals surface area contributed by atoms with E-state index in [-0.39, 0.29) is 12.4 Å². The summed E-state index contributed by atoms with van der Waals surface area (Å²) in [5.74, 6) is 0.848. The molecule has 70 valence electrons. The number of hydrogen-bond donors (Lipinski definition) is 0. The van der Waals surface area contributed by atoms with Gasteiger partial charge in [0.25, 0.3) is 0 Å². The van der Waals surface area contributed by atoms with Crippen molar-refractivity contribution in [3.8, 4) is 0 Å². The monoisotopic (exact) mass is 179 g/mol. The summed E-state index contributed by atoms with van der Waals surface area (Å²) in [4.78, 5) is 2.47. The molecule has 0 aromatic carbocycles. The van der Waals surface area contributed by atoms with Gasteiger partial charge >= 0.3 is 0 Å². The highest BCUT2D eigenvalue weighted by atomic mass is 35.5. The number of hydrogen-bond acceptors (Lipinski definition) is 1. The largest absolute Gasteiger partial charge is 0.304 e. The van der Waals surface area contributed by atoms with Gasteiger partial charge in [0.1, 0.15) is 0 Å². The van der Waals surface area contributed by atoms with E-state index in [2.05, 4.69) is 32.6 Å². The lowest BCUT2D eigenvalue weighted by molar-refractivity contribution is 0.284. The highest BCUT2D eigenvalue weighted by Crippen LogP contribution is 2.00. The molecule has 0 saturated carbocycles. The second-order valence-electron chi connectivity index (χ2n) is 3.21. The minimum absolute atomic E-state index is 0. The molecule has 0 fully saturated rings. The molecule has 0 radical (unpaired) electrons. The summed E-state index contributed by atoms with van der Waals surface area (Å²) < 4.78 is 0. The SMILES string of the molecule is CCN(CC)CCC(C)C.Cl. The third kappa shape index (κ3) is 8.15. The summed E-state index contributed by atoms with van der Waals surface area (Å²) >= 11 is 0. The van der Waals surface area contributed by atoms with Crippen molar-refractivity contribution in [1.29, 1.82) is 0 Å². The van der Waals surface area contributed by atoms with E-state index >= 15 is 0 Å². The summed E-state index contributed by atoms with van der Waals surface area (Å²) in [5, 5.41) is 0. The van der Waals surface area contributed by atoms with Crippen LogP contribution < -0.4 is 0 Å². The Morgan fingerprint density at radius 1 is 1.09 bits per heavy atom. The Bertz CT molecular complexity index is 70.0. The minimum Gasteiger partial charge on any atom is -0.304 e. The molecular weight excluding hydrogens is 158 g/mol. The Morgan fingerprint density at radius 2 is 1.55 bits per heavy atom. The molecule has 0 bridgehead atoms. The van der Waals surface area contributed by atoms with Crippen molar-refractivity contribution >= 4 is 12.4 Å². The molecule has 0 saturated heterocycles. The lowest BCUT2D eigenvalue weighted by atomic mass is 10.1. The molecule has 0 N–H and O–H groups in total. The van der Waals surface area contributed by atoms with Gasteiger partial charge in [-0.15, -0.1) is 12.4 Å². The predicted molar refractivity (Wildman–Crippen MR) is 54.5 cm³/mol. The molecule has 0 amide bonds. The van der Waals surface area contributed by atoms with Gasteiger partial charge < -0.3 is 4.90 Å². The first-order valence-electron chi connectivity index (χ1n) is 4.43. The standard InChI is InChI=1S/C9H21N.ClH/c1-5-10(6-2)8-7-9(3)4;/h9H,5-8H2,1-4H3;1H. The molecule has 2 heteroatoms. The molecule has 1 nitrogen and oxygen atoms in total. The first kappa shape index (κ1) is 13.8. The minimum atomic E-state index is 0.